The molecule has 1 amide bonds. The SMILES string of the molecule is Cc1noc(NS(=O)(=O)c2ccc(NC(=O)C(C)Oc3ccc(C(C)(C)C)cc3)cc2)c1C. The van der Waals surface area contributed by atoms with Crippen molar-refractivity contribution >= 4 is 27.5 Å². The molecule has 0 saturated carbocycles. The number of aromatic nitrogens is 1. The molecule has 0 saturated heterocycles. The van der Waals surface area contributed by atoms with E-state index in [1.54, 1.807) is 20.8 Å². The summed E-state index contributed by atoms with van der Waals surface area (Å²) in [7, 11) is -3.86. The van der Waals surface area contributed by atoms with Crippen molar-refractivity contribution in [1.29, 1.82) is 0 Å². The minimum atomic E-state index is -3.86. The normalized spacial score (nSPS) is 12.8. The Kier molecular flexibility index (Phi) is 6.83. The van der Waals surface area contributed by atoms with Crippen LogP contribution in [0.3, 0.4) is 0 Å². The predicted octanol–water partition coefficient (Wildman–Crippen LogP) is 4.80. The van der Waals surface area contributed by atoms with Crippen LogP contribution in [0, 0.1) is 13.8 Å². The van der Waals surface area contributed by atoms with Crippen LogP contribution in [0.4, 0.5) is 11.6 Å². The number of rotatable bonds is 7. The van der Waals surface area contributed by atoms with Crippen LogP contribution in [0.5, 0.6) is 5.75 Å². The van der Waals surface area contributed by atoms with Crippen molar-refractivity contribution in [1.82, 2.24) is 5.16 Å². The van der Waals surface area contributed by atoms with Gasteiger partial charge in [-0.2, -0.15) is 0 Å². The number of ether oxygens (including phenoxy) is 1. The first-order valence-electron chi connectivity index (χ1n) is 10.5. The van der Waals surface area contributed by atoms with Gasteiger partial charge in [0.2, 0.25) is 5.88 Å². The third-order valence-corrected chi connectivity index (χ3v) is 6.57. The Morgan fingerprint density at radius 1 is 1.03 bits per heavy atom. The number of hydrogen-bond donors (Lipinski definition) is 2. The molecule has 1 unspecified atom stereocenters. The number of benzene rings is 2. The van der Waals surface area contributed by atoms with E-state index >= 15 is 0 Å². The third-order valence-electron chi connectivity index (χ3n) is 5.22. The molecule has 33 heavy (non-hydrogen) atoms. The average Bonchev–Trinajstić information content (AvgIpc) is 3.05. The van der Waals surface area contributed by atoms with E-state index in [1.165, 1.54) is 29.8 Å². The summed E-state index contributed by atoms with van der Waals surface area (Å²) in [6.07, 6.45) is -0.742. The number of carbonyl (C=O) groups is 1. The van der Waals surface area contributed by atoms with Gasteiger partial charge >= 0.3 is 0 Å². The lowest BCUT2D eigenvalue weighted by molar-refractivity contribution is -0.122. The van der Waals surface area contributed by atoms with Crippen molar-refractivity contribution in [2.24, 2.45) is 0 Å². The van der Waals surface area contributed by atoms with Gasteiger partial charge in [0, 0.05) is 11.3 Å². The van der Waals surface area contributed by atoms with E-state index in [2.05, 4.69) is 36.0 Å². The molecule has 3 rings (SSSR count). The molecule has 2 N–H and O–H groups in total. The Labute approximate surface area is 194 Å². The van der Waals surface area contributed by atoms with Gasteiger partial charge in [-0.3, -0.25) is 4.79 Å². The topological polar surface area (TPSA) is 111 Å². The number of anilines is 2. The summed E-state index contributed by atoms with van der Waals surface area (Å²) in [4.78, 5) is 12.5. The fraction of sp³-hybridized carbons (Fsp3) is 0.333. The van der Waals surface area contributed by atoms with Crippen LogP contribution < -0.4 is 14.8 Å². The van der Waals surface area contributed by atoms with Crippen LogP contribution in [0.15, 0.2) is 57.9 Å². The Morgan fingerprint density at radius 2 is 1.64 bits per heavy atom. The quantitative estimate of drug-likeness (QED) is 0.512. The second kappa shape index (κ2) is 9.27. The first kappa shape index (κ1) is 24.3. The highest BCUT2D eigenvalue weighted by Crippen LogP contribution is 2.25. The molecule has 9 heteroatoms. The zero-order valence-electron chi connectivity index (χ0n) is 19.6. The van der Waals surface area contributed by atoms with Gasteiger partial charge in [0.15, 0.2) is 6.10 Å². The summed E-state index contributed by atoms with van der Waals surface area (Å²) in [5.41, 5.74) is 2.87. The number of nitrogens with one attached hydrogen (secondary N) is 2. The zero-order valence-corrected chi connectivity index (χ0v) is 20.4. The number of hydrogen-bond acceptors (Lipinski definition) is 6. The van der Waals surface area contributed by atoms with Crippen LogP contribution in [0.1, 0.15) is 44.5 Å². The molecule has 176 valence electrons. The summed E-state index contributed by atoms with van der Waals surface area (Å²) in [6, 6.07) is 13.5. The van der Waals surface area contributed by atoms with Gasteiger partial charge in [0.25, 0.3) is 15.9 Å². The Hall–Kier alpha value is -3.33. The van der Waals surface area contributed by atoms with Gasteiger partial charge in [-0.25, -0.2) is 13.1 Å². The monoisotopic (exact) mass is 471 g/mol. The van der Waals surface area contributed by atoms with E-state index in [1.807, 2.05) is 24.3 Å². The van der Waals surface area contributed by atoms with Gasteiger partial charge < -0.3 is 14.6 Å². The van der Waals surface area contributed by atoms with E-state index in [0.29, 0.717) is 22.7 Å². The van der Waals surface area contributed by atoms with E-state index in [0.717, 1.165) is 0 Å². The lowest BCUT2D eigenvalue weighted by Crippen LogP contribution is -2.30. The van der Waals surface area contributed by atoms with E-state index < -0.39 is 16.1 Å². The molecule has 0 bridgehead atoms. The molecule has 2 aromatic carbocycles. The first-order chi connectivity index (χ1) is 15.4. The Balaban J connectivity index is 1.61. The van der Waals surface area contributed by atoms with E-state index in [-0.39, 0.29) is 22.1 Å². The highest BCUT2D eigenvalue weighted by Gasteiger charge is 2.20. The van der Waals surface area contributed by atoms with Crippen LogP contribution in [0.25, 0.3) is 0 Å². The first-order valence-corrected chi connectivity index (χ1v) is 12.0. The Bertz CT molecular complexity index is 1220. The van der Waals surface area contributed by atoms with E-state index in [4.69, 9.17) is 9.26 Å². The van der Waals surface area contributed by atoms with Gasteiger partial charge in [-0.1, -0.05) is 38.1 Å². The maximum absolute atomic E-state index is 12.6. The van der Waals surface area contributed by atoms with Crippen LogP contribution in [0.2, 0.25) is 0 Å². The van der Waals surface area contributed by atoms with Crippen molar-refractivity contribution in [3.05, 3.63) is 65.4 Å². The molecule has 0 fully saturated rings. The number of sulfonamides is 1. The smallest absolute Gasteiger partial charge is 0.265 e. The van der Waals surface area contributed by atoms with Gasteiger partial charge in [-0.15, -0.1) is 0 Å². The van der Waals surface area contributed by atoms with Gasteiger partial charge in [0.1, 0.15) is 5.75 Å². The summed E-state index contributed by atoms with van der Waals surface area (Å²) in [6.45, 7) is 11.5. The number of nitrogens with zero attached hydrogens (tertiary/aromatic N) is 1. The molecule has 1 aromatic heterocycles. The summed E-state index contributed by atoms with van der Waals surface area (Å²) < 4.78 is 38.3. The van der Waals surface area contributed by atoms with E-state index in [9.17, 15) is 13.2 Å². The van der Waals surface area contributed by atoms with Crippen molar-refractivity contribution < 1.29 is 22.5 Å². The molecule has 0 aliphatic heterocycles. The largest absolute Gasteiger partial charge is 0.481 e. The second-order valence-electron chi connectivity index (χ2n) is 8.88. The highest BCUT2D eigenvalue weighted by atomic mass is 32.2. The maximum atomic E-state index is 12.6. The predicted molar refractivity (Wildman–Crippen MR) is 127 cm³/mol. The lowest BCUT2D eigenvalue weighted by Gasteiger charge is -2.20. The molecule has 1 heterocycles. The maximum Gasteiger partial charge on any atom is 0.265 e. The minimum absolute atomic E-state index is 0.0252. The average molecular weight is 472 g/mol. The number of amides is 1. The molecule has 3 aromatic rings. The minimum Gasteiger partial charge on any atom is -0.481 e. The molecule has 1 atom stereocenters. The van der Waals surface area contributed by atoms with Gasteiger partial charge in [0.05, 0.1) is 10.6 Å². The van der Waals surface area contributed by atoms with Crippen molar-refractivity contribution in [3.63, 3.8) is 0 Å². The number of carbonyl (C=O) groups excluding carboxylic acids is 1. The second-order valence-corrected chi connectivity index (χ2v) is 10.6. The van der Waals surface area contributed by atoms with Crippen LogP contribution >= 0.6 is 0 Å². The third kappa shape index (κ3) is 5.92. The highest BCUT2D eigenvalue weighted by molar-refractivity contribution is 7.92. The molecular formula is C24H29N3O5S. The molecule has 8 nitrogen and oxygen atoms in total. The fourth-order valence-corrected chi connectivity index (χ4v) is 3.99. The van der Waals surface area contributed by atoms with Crippen LogP contribution in [-0.4, -0.2) is 25.6 Å². The summed E-state index contributed by atoms with van der Waals surface area (Å²) in [5, 5.41) is 6.47. The van der Waals surface area contributed by atoms with Crippen LogP contribution in [-0.2, 0) is 20.2 Å². The summed E-state index contributed by atoms with van der Waals surface area (Å²) in [5.74, 6) is 0.318. The number of aryl methyl sites for hydroxylation is 1. The molecule has 0 aliphatic carbocycles. The zero-order chi connectivity index (χ0) is 24.4. The molecule has 0 spiro atoms. The molecular weight excluding hydrogens is 442 g/mol. The summed E-state index contributed by atoms with van der Waals surface area (Å²) >= 11 is 0. The fourth-order valence-electron chi connectivity index (χ4n) is 2.94. The van der Waals surface area contributed by atoms with Crippen molar-refractivity contribution in [3.8, 4) is 5.75 Å². The standard InChI is InChI=1S/C24H29N3O5S/c1-15-16(2)26-32-23(15)27-33(29,30)21-13-9-19(10-14-21)25-22(28)17(3)31-20-11-7-18(8-12-20)24(4,5)6/h7-14,17,27H,1-6H3,(H,25,28). The Morgan fingerprint density at radius 3 is 2.15 bits per heavy atom. The molecule has 0 radical (unpaired) electrons. The van der Waals surface area contributed by atoms with Crippen molar-refractivity contribution in [2.75, 3.05) is 10.0 Å². The van der Waals surface area contributed by atoms with Gasteiger partial charge in [-0.05, 0) is 68.1 Å². The van der Waals surface area contributed by atoms with Crippen molar-refractivity contribution in [2.45, 2.75) is 58.0 Å². The lowest BCUT2D eigenvalue weighted by atomic mass is 9.87. The molecule has 0 aliphatic rings.